The monoisotopic (exact) mass is 599 g/mol. The average Bonchev–Trinajstić information content (AvgIpc) is 3.38. The quantitative estimate of drug-likeness (QED) is 0.300. The topological polar surface area (TPSA) is 72.9 Å². The number of alkyl halides is 3. The molecule has 4 rings (SSSR count). The Morgan fingerprint density at radius 2 is 1.75 bits per heavy atom. The van der Waals surface area contributed by atoms with Gasteiger partial charge in [0.05, 0.1) is 16.5 Å². The highest BCUT2D eigenvalue weighted by atomic mass is 32.2. The van der Waals surface area contributed by atoms with Gasteiger partial charge in [-0.25, -0.2) is 13.2 Å². The van der Waals surface area contributed by atoms with Gasteiger partial charge in [-0.1, -0.05) is 25.0 Å². The highest BCUT2D eigenvalue weighted by Crippen LogP contribution is 2.43. The summed E-state index contributed by atoms with van der Waals surface area (Å²) >= 11 is 1.32. The number of esters is 1. The van der Waals surface area contributed by atoms with Crippen LogP contribution in [0.2, 0.25) is 0 Å². The van der Waals surface area contributed by atoms with Gasteiger partial charge in [0.2, 0.25) is 10.0 Å². The fourth-order valence-corrected chi connectivity index (χ4v) is 8.15. The van der Waals surface area contributed by atoms with Crippen molar-refractivity contribution in [2.75, 3.05) is 13.7 Å². The maximum absolute atomic E-state index is 13.8. The molecule has 2 aromatic rings. The summed E-state index contributed by atoms with van der Waals surface area (Å²) < 4.78 is 81.3. The highest BCUT2D eigenvalue weighted by Gasteiger charge is 2.37. The van der Waals surface area contributed by atoms with Crippen molar-refractivity contribution >= 4 is 27.8 Å². The average molecular weight is 600 g/mol. The summed E-state index contributed by atoms with van der Waals surface area (Å²) in [5.41, 5.74) is -0.126. The van der Waals surface area contributed by atoms with Crippen LogP contribution in [0.5, 0.6) is 5.75 Å². The Kier molecular flexibility index (Phi) is 9.16. The third kappa shape index (κ3) is 7.33. The normalized spacial score (nSPS) is 18.6. The molecule has 0 amide bonds. The Labute approximate surface area is 238 Å². The summed E-state index contributed by atoms with van der Waals surface area (Å²) in [7, 11) is -2.86. The molecule has 1 saturated carbocycles. The van der Waals surface area contributed by atoms with Gasteiger partial charge >= 0.3 is 12.1 Å². The summed E-state index contributed by atoms with van der Waals surface area (Å²) in [6.45, 7) is 4.99. The molecule has 0 bridgehead atoms. The molecule has 0 aromatic heterocycles. The molecular formula is C29H36F3NO5S2. The summed E-state index contributed by atoms with van der Waals surface area (Å²) in [6, 6.07) is 7.80. The molecule has 2 aliphatic carbocycles. The largest absolute Gasteiger partial charge is 0.482 e. The number of rotatable bonds is 8. The fourth-order valence-electron chi connectivity index (χ4n) is 5.30. The second kappa shape index (κ2) is 11.9. The number of thioether (sulfide) groups is 1. The molecule has 0 radical (unpaired) electrons. The molecule has 0 N–H and O–H groups in total. The van der Waals surface area contributed by atoms with Gasteiger partial charge in [-0.3, -0.25) is 0 Å². The van der Waals surface area contributed by atoms with Crippen LogP contribution in [-0.2, 0) is 32.2 Å². The van der Waals surface area contributed by atoms with Crippen molar-refractivity contribution in [1.82, 2.24) is 4.31 Å². The SMILES string of the molecule is CN([C@@H]1CCCc2c(OCC(=O)OC(C)(C)C)cccc21)S(=O)(=O)c1cc(SC2CCCC2)cc(C(F)(F)F)c1. The third-order valence-electron chi connectivity index (χ3n) is 7.13. The molecule has 0 aliphatic heterocycles. The van der Waals surface area contributed by atoms with Crippen LogP contribution in [0.15, 0.2) is 46.2 Å². The van der Waals surface area contributed by atoms with E-state index < -0.39 is 39.4 Å². The molecule has 2 aromatic carbocycles. The first-order chi connectivity index (χ1) is 18.6. The maximum Gasteiger partial charge on any atom is 0.416 e. The number of carbonyl (C=O) groups is 1. The lowest BCUT2D eigenvalue weighted by molar-refractivity contribution is -0.157. The zero-order chi connectivity index (χ0) is 29.3. The van der Waals surface area contributed by atoms with Crippen LogP contribution < -0.4 is 4.74 Å². The standard InChI is InChI=1S/C29H36F3NO5S2/c1-28(2,3)38-27(34)18-37-26-14-8-11-23-24(26)12-7-13-25(23)33(4)40(35,36)22-16-19(29(30,31)32)15-21(17-22)39-20-9-5-6-10-20/h8,11,14-17,20,25H,5-7,9-10,12-13,18H2,1-4H3/t25-/m1/s1. The number of halogens is 3. The second-order valence-corrected chi connectivity index (χ2v) is 14.7. The summed E-state index contributed by atoms with van der Waals surface area (Å²) in [5, 5.41) is 0.182. The molecule has 1 atom stereocenters. The first-order valence-corrected chi connectivity index (χ1v) is 15.8. The smallest absolute Gasteiger partial charge is 0.416 e. The van der Waals surface area contributed by atoms with E-state index in [0.717, 1.165) is 43.4 Å². The zero-order valence-electron chi connectivity index (χ0n) is 23.2. The minimum Gasteiger partial charge on any atom is -0.482 e. The first-order valence-electron chi connectivity index (χ1n) is 13.5. The van der Waals surface area contributed by atoms with Gasteiger partial charge in [-0.2, -0.15) is 17.5 Å². The number of hydrogen-bond acceptors (Lipinski definition) is 6. The van der Waals surface area contributed by atoms with Gasteiger partial charge in [0.25, 0.3) is 0 Å². The summed E-state index contributed by atoms with van der Waals surface area (Å²) in [5.74, 6) is -0.0545. The number of carbonyl (C=O) groups excluding carboxylic acids is 1. The van der Waals surface area contributed by atoms with Crippen LogP contribution in [0.4, 0.5) is 13.2 Å². The van der Waals surface area contributed by atoms with Crippen LogP contribution in [0.3, 0.4) is 0 Å². The Morgan fingerprint density at radius 1 is 1.05 bits per heavy atom. The third-order valence-corrected chi connectivity index (χ3v) is 10.3. The van der Waals surface area contributed by atoms with Gasteiger partial charge in [-0.05, 0) is 88.3 Å². The van der Waals surface area contributed by atoms with Crippen molar-refractivity contribution in [3.8, 4) is 5.75 Å². The lowest BCUT2D eigenvalue weighted by Gasteiger charge is -2.33. The van der Waals surface area contributed by atoms with Crippen molar-refractivity contribution in [2.45, 2.75) is 98.6 Å². The lowest BCUT2D eigenvalue weighted by atomic mass is 9.87. The minimum absolute atomic E-state index is 0.182. The minimum atomic E-state index is -4.67. The molecule has 0 unspecified atom stereocenters. The van der Waals surface area contributed by atoms with Crippen LogP contribution in [0.1, 0.15) is 82.0 Å². The van der Waals surface area contributed by atoms with Crippen molar-refractivity contribution in [3.05, 3.63) is 53.1 Å². The van der Waals surface area contributed by atoms with E-state index in [1.54, 1.807) is 39.0 Å². The molecule has 220 valence electrons. The Morgan fingerprint density at radius 3 is 2.40 bits per heavy atom. The van der Waals surface area contributed by atoms with Gasteiger partial charge in [0, 0.05) is 17.2 Å². The number of fused-ring (bicyclic) bond motifs is 1. The molecule has 0 heterocycles. The predicted octanol–water partition coefficient (Wildman–Crippen LogP) is 7.16. The fraction of sp³-hybridized carbons (Fsp3) is 0.552. The van der Waals surface area contributed by atoms with E-state index in [9.17, 15) is 26.4 Å². The second-order valence-electron chi connectivity index (χ2n) is 11.3. The number of hydrogen-bond donors (Lipinski definition) is 0. The molecule has 1 fully saturated rings. The van der Waals surface area contributed by atoms with E-state index in [0.29, 0.717) is 35.5 Å². The highest BCUT2D eigenvalue weighted by molar-refractivity contribution is 8.00. The lowest BCUT2D eigenvalue weighted by Crippen LogP contribution is -2.34. The van der Waals surface area contributed by atoms with Crippen molar-refractivity contribution < 1.29 is 35.9 Å². The number of ether oxygens (including phenoxy) is 2. The molecule has 6 nitrogen and oxygen atoms in total. The van der Waals surface area contributed by atoms with Gasteiger partial charge in [0.15, 0.2) is 6.61 Å². The van der Waals surface area contributed by atoms with E-state index in [1.165, 1.54) is 29.2 Å². The summed E-state index contributed by atoms with van der Waals surface area (Å²) in [6.07, 6.45) is 0.948. The molecule has 40 heavy (non-hydrogen) atoms. The van der Waals surface area contributed by atoms with Crippen molar-refractivity contribution in [3.63, 3.8) is 0 Å². The van der Waals surface area contributed by atoms with Crippen LogP contribution in [0, 0.1) is 0 Å². The molecule has 0 spiro atoms. The van der Waals surface area contributed by atoms with E-state index in [2.05, 4.69) is 0 Å². The molecule has 2 aliphatic rings. The van der Waals surface area contributed by atoms with E-state index in [1.807, 2.05) is 0 Å². The van der Waals surface area contributed by atoms with Crippen LogP contribution >= 0.6 is 11.8 Å². The van der Waals surface area contributed by atoms with Crippen LogP contribution in [-0.4, -0.2) is 43.2 Å². The summed E-state index contributed by atoms with van der Waals surface area (Å²) in [4.78, 5) is 12.1. The molecule has 0 saturated heterocycles. The van der Waals surface area contributed by atoms with Gasteiger partial charge in [-0.15, -0.1) is 11.8 Å². The van der Waals surface area contributed by atoms with E-state index in [-0.39, 0.29) is 16.8 Å². The van der Waals surface area contributed by atoms with E-state index in [4.69, 9.17) is 9.47 Å². The van der Waals surface area contributed by atoms with Gasteiger partial charge < -0.3 is 9.47 Å². The number of nitrogens with zero attached hydrogens (tertiary/aromatic N) is 1. The Balaban J connectivity index is 1.62. The molecular weight excluding hydrogens is 563 g/mol. The number of sulfonamides is 1. The first kappa shape index (κ1) is 30.7. The maximum atomic E-state index is 13.8. The van der Waals surface area contributed by atoms with Gasteiger partial charge in [0.1, 0.15) is 11.4 Å². The predicted molar refractivity (Wildman–Crippen MR) is 148 cm³/mol. The molecule has 11 heteroatoms. The van der Waals surface area contributed by atoms with Crippen molar-refractivity contribution in [2.24, 2.45) is 0 Å². The number of benzene rings is 2. The zero-order valence-corrected chi connectivity index (χ0v) is 24.8. The Bertz CT molecular complexity index is 1330. The van der Waals surface area contributed by atoms with E-state index >= 15 is 0 Å². The Hall–Kier alpha value is -2.24. The van der Waals surface area contributed by atoms with Crippen LogP contribution in [0.25, 0.3) is 0 Å². The van der Waals surface area contributed by atoms with Crippen molar-refractivity contribution in [1.29, 1.82) is 0 Å².